The van der Waals surface area contributed by atoms with Crippen LogP contribution in [0.1, 0.15) is 94.6 Å². The molecule has 354 valence electrons. The van der Waals surface area contributed by atoms with Crippen molar-refractivity contribution in [3.8, 4) is 0 Å². The number of benzene rings is 7. The smallest absolute Gasteiger partial charge is 0.129 e. The maximum absolute atomic E-state index is 12.6. The van der Waals surface area contributed by atoms with E-state index in [9.17, 15) is 17.6 Å². The lowest BCUT2D eigenvalue weighted by molar-refractivity contribution is 0.566. The van der Waals surface area contributed by atoms with Crippen LogP contribution in [0.2, 0.25) is 15.1 Å². The fraction of sp³-hybridized carbons (Fsp3) is 0.288. The van der Waals surface area contributed by atoms with Gasteiger partial charge in [0.25, 0.3) is 0 Å². The molecule has 7 heteroatoms. The second kappa shape index (κ2) is 29.0. The van der Waals surface area contributed by atoms with Crippen LogP contribution < -0.4 is 0 Å². The second-order valence-corrected chi connectivity index (χ2v) is 18.3. The summed E-state index contributed by atoms with van der Waals surface area (Å²) in [4.78, 5) is 0. The minimum absolute atomic E-state index is 0.0885. The van der Waals surface area contributed by atoms with Crippen LogP contribution in [0.3, 0.4) is 0 Å². The molecule has 0 spiro atoms. The van der Waals surface area contributed by atoms with Crippen LogP contribution in [-0.2, 0) is 0 Å². The third kappa shape index (κ3) is 22.1. The Morgan fingerprint density at radius 2 is 0.515 bits per heavy atom. The first kappa shape index (κ1) is 59.1. The van der Waals surface area contributed by atoms with Crippen LogP contribution in [0.5, 0.6) is 0 Å². The van der Waals surface area contributed by atoms with Crippen LogP contribution in [-0.4, -0.2) is 0 Å². The molecule has 0 amide bonds. The van der Waals surface area contributed by atoms with Gasteiger partial charge in [-0.05, 0) is 238 Å². The zero-order valence-electron chi connectivity index (χ0n) is 42.0. The molecule has 0 heterocycles. The van der Waals surface area contributed by atoms with Crippen LogP contribution >= 0.6 is 34.8 Å². The van der Waals surface area contributed by atoms with Crippen molar-refractivity contribution in [1.29, 1.82) is 0 Å². The number of rotatable bonds is 0. The van der Waals surface area contributed by atoms with E-state index >= 15 is 0 Å². The molecule has 0 atom stereocenters. The number of hydrogen-bond donors (Lipinski definition) is 0. The van der Waals surface area contributed by atoms with Crippen molar-refractivity contribution in [2.75, 3.05) is 0 Å². The van der Waals surface area contributed by atoms with Crippen LogP contribution in [0, 0.1) is 141 Å². The lowest BCUT2D eigenvalue weighted by atomic mass is 10.0. The van der Waals surface area contributed by atoms with Gasteiger partial charge in [-0.25, -0.2) is 17.6 Å². The zero-order valence-corrected chi connectivity index (χ0v) is 44.3. The van der Waals surface area contributed by atoms with E-state index in [1.54, 1.807) is 32.9 Å². The molecule has 7 aromatic rings. The fourth-order valence-electron chi connectivity index (χ4n) is 5.78. The fourth-order valence-corrected chi connectivity index (χ4v) is 6.61. The molecule has 0 aliphatic heterocycles. The summed E-state index contributed by atoms with van der Waals surface area (Å²) in [6.45, 7) is 33.3. The second-order valence-electron chi connectivity index (χ2n) is 17.1. The molecule has 0 saturated heterocycles. The van der Waals surface area contributed by atoms with Crippen molar-refractivity contribution in [2.45, 2.75) is 118 Å². The van der Waals surface area contributed by atoms with Gasteiger partial charge in [0.05, 0.1) is 0 Å². The maximum Gasteiger partial charge on any atom is 0.129 e. The summed E-state index contributed by atoms with van der Waals surface area (Å²) < 4.78 is 50.4. The van der Waals surface area contributed by atoms with E-state index in [1.165, 1.54) is 75.7 Å². The molecule has 0 aliphatic rings. The standard InChI is InChI=1S/C10H14.C9H12.C8H8Cl2.C8H9Cl.C8H8F2.2C8H9F/c1-7-5-8(2)10(4)9(3)6-7;1-7-4-5-8(2)9(3)6-7;1-5-3-7(9)6(2)8(10)4-5;1-6-3-4-7(2)8(9)5-6;1-5-3-7(9)6(2)8(10)4-5;2*1-6-3-4-7(2)8(9)5-6/h5-6H,1-4H3;4-6H,1-3H3;3-4H,1-2H3;3-5H,1-2H3;3-4H,1-2H3;2*3-5H,1-2H3. The van der Waals surface area contributed by atoms with Gasteiger partial charge in [-0.3, -0.25) is 0 Å². The van der Waals surface area contributed by atoms with Gasteiger partial charge in [0.15, 0.2) is 0 Å². The van der Waals surface area contributed by atoms with E-state index in [0.29, 0.717) is 16.7 Å². The Morgan fingerprint density at radius 3 is 0.848 bits per heavy atom. The molecular formula is C59H69Cl3F4. The highest BCUT2D eigenvalue weighted by atomic mass is 35.5. The Kier molecular flexibility index (Phi) is 26.0. The maximum atomic E-state index is 12.6. The number of halogens is 7. The minimum Gasteiger partial charge on any atom is -0.207 e. The predicted molar refractivity (Wildman–Crippen MR) is 280 cm³/mol. The minimum atomic E-state index is -0.475. The molecule has 0 bridgehead atoms. The summed E-state index contributed by atoms with van der Waals surface area (Å²) >= 11 is 17.5. The van der Waals surface area contributed by atoms with Gasteiger partial charge in [-0.1, -0.05) is 113 Å². The van der Waals surface area contributed by atoms with Crippen molar-refractivity contribution in [3.63, 3.8) is 0 Å². The van der Waals surface area contributed by atoms with Crippen molar-refractivity contribution in [3.05, 3.63) is 242 Å². The molecule has 7 rings (SSSR count). The van der Waals surface area contributed by atoms with Gasteiger partial charge in [0.1, 0.15) is 23.3 Å². The van der Waals surface area contributed by atoms with Gasteiger partial charge in [0, 0.05) is 20.6 Å². The summed E-state index contributed by atoms with van der Waals surface area (Å²) in [6.07, 6.45) is 0. The molecule has 0 fully saturated rings. The number of aryl methyl sites for hydroxylation is 14. The molecule has 0 nitrogen and oxygen atoms in total. The normalized spacial score (nSPS) is 9.82. The largest absolute Gasteiger partial charge is 0.207 e. The zero-order chi connectivity index (χ0) is 50.6. The highest BCUT2D eigenvalue weighted by Gasteiger charge is 2.03. The average molecular weight is 961 g/mol. The lowest BCUT2D eigenvalue weighted by Crippen LogP contribution is -1.88. The summed E-state index contributed by atoms with van der Waals surface area (Å²) in [7, 11) is 0. The van der Waals surface area contributed by atoms with Crippen LogP contribution in [0.4, 0.5) is 17.6 Å². The third-order valence-corrected chi connectivity index (χ3v) is 11.8. The summed E-state index contributed by atoms with van der Waals surface area (Å²) in [5.74, 6) is -1.18. The van der Waals surface area contributed by atoms with E-state index < -0.39 is 11.6 Å². The molecular weight excluding hydrogens is 891 g/mol. The topological polar surface area (TPSA) is 0 Å². The molecule has 0 N–H and O–H groups in total. The molecule has 0 saturated carbocycles. The predicted octanol–water partition coefficient (Wildman–Crippen LogP) is 19.6. The van der Waals surface area contributed by atoms with E-state index in [0.717, 1.165) is 42.9 Å². The van der Waals surface area contributed by atoms with Gasteiger partial charge in [0.2, 0.25) is 0 Å². The summed E-state index contributed by atoms with van der Waals surface area (Å²) in [6, 6.07) is 33.9. The van der Waals surface area contributed by atoms with E-state index in [-0.39, 0.29) is 17.2 Å². The van der Waals surface area contributed by atoms with Crippen molar-refractivity contribution in [2.24, 2.45) is 0 Å². The highest BCUT2D eigenvalue weighted by Crippen LogP contribution is 2.25. The molecule has 0 aliphatic carbocycles. The van der Waals surface area contributed by atoms with Gasteiger partial charge in [-0.2, -0.15) is 0 Å². The Morgan fingerprint density at radius 1 is 0.227 bits per heavy atom. The van der Waals surface area contributed by atoms with E-state index in [4.69, 9.17) is 34.8 Å². The Hall–Kier alpha value is -4.87. The van der Waals surface area contributed by atoms with Crippen molar-refractivity contribution >= 4 is 34.8 Å². The first-order valence-corrected chi connectivity index (χ1v) is 22.9. The van der Waals surface area contributed by atoms with E-state index in [2.05, 4.69) is 84.9 Å². The van der Waals surface area contributed by atoms with Crippen molar-refractivity contribution < 1.29 is 17.6 Å². The Labute approximate surface area is 410 Å². The molecule has 0 aromatic heterocycles. The molecule has 7 aromatic carbocycles. The highest BCUT2D eigenvalue weighted by molar-refractivity contribution is 6.36. The lowest BCUT2D eigenvalue weighted by Gasteiger charge is -2.04. The van der Waals surface area contributed by atoms with E-state index in [1.807, 2.05) is 77.9 Å². The number of hydrogen-bond acceptors (Lipinski definition) is 0. The average Bonchev–Trinajstić information content (AvgIpc) is 3.22. The van der Waals surface area contributed by atoms with Gasteiger partial charge in [-0.15, -0.1) is 0 Å². The summed E-state index contributed by atoms with van der Waals surface area (Å²) in [5.41, 5.74) is 18.2. The van der Waals surface area contributed by atoms with Crippen LogP contribution in [0.25, 0.3) is 0 Å². The van der Waals surface area contributed by atoms with Crippen molar-refractivity contribution in [1.82, 2.24) is 0 Å². The molecule has 66 heavy (non-hydrogen) atoms. The summed E-state index contributed by atoms with van der Waals surface area (Å²) in [5, 5.41) is 2.34. The SMILES string of the molecule is Cc1cc(C)c(C)c(C)c1.Cc1cc(Cl)c(C)c(Cl)c1.Cc1cc(F)c(C)c(F)c1.Cc1ccc(C)c(C)c1.Cc1ccc(C)c(Cl)c1.Cc1ccc(C)c(F)c1.Cc1ccc(C)c(F)c1. The molecule has 0 radical (unpaired) electrons. The molecule has 0 unspecified atom stereocenters. The monoisotopic (exact) mass is 958 g/mol. The quantitative estimate of drug-likeness (QED) is 0.133. The van der Waals surface area contributed by atoms with Crippen LogP contribution in [0.15, 0.2) is 109 Å². The van der Waals surface area contributed by atoms with Gasteiger partial charge < -0.3 is 0 Å². The first-order chi connectivity index (χ1) is 30.6. The first-order valence-electron chi connectivity index (χ1n) is 21.7. The van der Waals surface area contributed by atoms with Gasteiger partial charge >= 0.3 is 0 Å². The Balaban J connectivity index is 0.000000385. The Bertz CT molecular complexity index is 2250. The third-order valence-electron chi connectivity index (χ3n) is 10.6.